The number of hydrogen-bond acceptors (Lipinski definition) is 3. The molecule has 92 valence electrons. The van der Waals surface area contributed by atoms with E-state index >= 15 is 0 Å². The van der Waals surface area contributed by atoms with Gasteiger partial charge in [-0.05, 0) is 22.9 Å². The van der Waals surface area contributed by atoms with Crippen molar-refractivity contribution in [3.63, 3.8) is 0 Å². The van der Waals surface area contributed by atoms with Crippen molar-refractivity contribution in [2.45, 2.75) is 26.4 Å². The molecule has 2 atom stereocenters. The van der Waals surface area contributed by atoms with Gasteiger partial charge in [0.05, 0.1) is 28.6 Å². The lowest BCUT2D eigenvalue weighted by Crippen LogP contribution is -2.25. The van der Waals surface area contributed by atoms with Gasteiger partial charge in [0.2, 0.25) is 0 Å². The summed E-state index contributed by atoms with van der Waals surface area (Å²) in [5.41, 5.74) is 1.97. The fourth-order valence-electron chi connectivity index (χ4n) is 1.68. The van der Waals surface area contributed by atoms with Crippen molar-refractivity contribution in [1.82, 2.24) is 9.78 Å². The molecule has 1 heterocycles. The van der Waals surface area contributed by atoms with Crippen molar-refractivity contribution >= 4 is 15.9 Å². The molecule has 2 unspecified atom stereocenters. The minimum Gasteiger partial charge on any atom is -0.392 e. The zero-order valence-corrected chi connectivity index (χ0v) is 11.8. The lowest BCUT2D eigenvalue weighted by molar-refractivity contribution is 0.0563. The topological polar surface area (TPSA) is 47.3 Å². The third-order valence-electron chi connectivity index (χ3n) is 2.75. The smallest absolute Gasteiger partial charge is 0.0738 e. The van der Waals surface area contributed by atoms with Gasteiger partial charge in [0, 0.05) is 26.5 Å². The molecule has 16 heavy (non-hydrogen) atoms. The molecule has 0 aliphatic rings. The Hall–Kier alpha value is -0.390. The van der Waals surface area contributed by atoms with Gasteiger partial charge in [-0.2, -0.15) is 5.10 Å². The highest BCUT2D eigenvalue weighted by Gasteiger charge is 2.19. The predicted molar refractivity (Wildman–Crippen MR) is 66.4 cm³/mol. The quantitative estimate of drug-likeness (QED) is 0.898. The van der Waals surface area contributed by atoms with E-state index in [0.29, 0.717) is 13.0 Å². The van der Waals surface area contributed by atoms with Gasteiger partial charge in [0.15, 0.2) is 0 Å². The van der Waals surface area contributed by atoms with E-state index in [2.05, 4.69) is 21.0 Å². The maximum atomic E-state index is 10.0. The summed E-state index contributed by atoms with van der Waals surface area (Å²) in [6.07, 6.45) is 0.175. The molecular weight excluding hydrogens is 272 g/mol. The summed E-state index contributed by atoms with van der Waals surface area (Å²) in [6, 6.07) is 0. The molecule has 0 radical (unpaired) electrons. The first-order chi connectivity index (χ1) is 7.47. The summed E-state index contributed by atoms with van der Waals surface area (Å²) >= 11 is 3.49. The van der Waals surface area contributed by atoms with Gasteiger partial charge >= 0.3 is 0 Å². The molecule has 0 amide bonds. The van der Waals surface area contributed by atoms with Crippen LogP contribution >= 0.6 is 15.9 Å². The Morgan fingerprint density at radius 2 is 2.19 bits per heavy atom. The standard InChI is InChI=1S/C11H19BrN2O2/c1-7(6-16-4)10(15)5-9-11(12)8(2)13-14(9)3/h7,10,15H,5-6H2,1-4H3. The Kier molecular flexibility index (Phi) is 4.95. The fraction of sp³-hybridized carbons (Fsp3) is 0.727. The lowest BCUT2D eigenvalue weighted by Gasteiger charge is -2.18. The van der Waals surface area contributed by atoms with Crippen LogP contribution in [0.3, 0.4) is 0 Å². The normalized spacial score (nSPS) is 15.1. The summed E-state index contributed by atoms with van der Waals surface area (Å²) in [4.78, 5) is 0. The van der Waals surface area contributed by atoms with Crippen LogP contribution in [-0.2, 0) is 18.2 Å². The second-order valence-electron chi connectivity index (χ2n) is 4.17. The van der Waals surface area contributed by atoms with Crippen LogP contribution in [0.1, 0.15) is 18.3 Å². The van der Waals surface area contributed by atoms with E-state index in [-0.39, 0.29) is 5.92 Å². The number of ether oxygens (including phenoxy) is 1. The summed E-state index contributed by atoms with van der Waals surface area (Å²) in [6.45, 7) is 4.49. The molecule has 0 bridgehead atoms. The average Bonchev–Trinajstić information content (AvgIpc) is 2.45. The summed E-state index contributed by atoms with van der Waals surface area (Å²) in [7, 11) is 3.54. The number of rotatable bonds is 5. The third kappa shape index (κ3) is 3.06. The van der Waals surface area contributed by atoms with Crippen LogP contribution in [0.5, 0.6) is 0 Å². The van der Waals surface area contributed by atoms with Crippen molar-refractivity contribution in [3.05, 3.63) is 15.9 Å². The molecule has 1 N–H and O–H groups in total. The number of methoxy groups -OCH3 is 1. The Balaban J connectivity index is 2.72. The van der Waals surface area contributed by atoms with Crippen molar-refractivity contribution in [2.75, 3.05) is 13.7 Å². The van der Waals surface area contributed by atoms with Gasteiger partial charge in [-0.3, -0.25) is 4.68 Å². The molecular formula is C11H19BrN2O2. The maximum Gasteiger partial charge on any atom is 0.0738 e. The SMILES string of the molecule is COCC(C)C(O)Cc1c(Br)c(C)nn1C. The molecule has 0 saturated heterocycles. The molecule has 4 nitrogen and oxygen atoms in total. The van der Waals surface area contributed by atoms with E-state index in [0.717, 1.165) is 15.9 Å². The number of aliphatic hydroxyl groups is 1. The number of hydrogen-bond donors (Lipinski definition) is 1. The molecule has 0 aliphatic heterocycles. The molecule has 0 fully saturated rings. The van der Waals surface area contributed by atoms with Gasteiger partial charge in [0.25, 0.3) is 0 Å². The Bertz CT molecular complexity index is 352. The van der Waals surface area contributed by atoms with Crippen LogP contribution in [0.25, 0.3) is 0 Å². The van der Waals surface area contributed by atoms with E-state index in [4.69, 9.17) is 4.74 Å². The van der Waals surface area contributed by atoms with Crippen molar-refractivity contribution in [2.24, 2.45) is 13.0 Å². The molecule has 1 aromatic rings. The van der Waals surface area contributed by atoms with Gasteiger partial charge in [-0.25, -0.2) is 0 Å². The zero-order chi connectivity index (χ0) is 12.3. The van der Waals surface area contributed by atoms with Gasteiger partial charge in [0.1, 0.15) is 0 Å². The highest BCUT2D eigenvalue weighted by atomic mass is 79.9. The molecule has 0 aliphatic carbocycles. The molecule has 1 aromatic heterocycles. The fourth-order valence-corrected chi connectivity index (χ4v) is 2.17. The Labute approximate surface area is 105 Å². The van der Waals surface area contributed by atoms with Crippen molar-refractivity contribution in [1.29, 1.82) is 0 Å². The number of nitrogens with zero attached hydrogens (tertiary/aromatic N) is 2. The maximum absolute atomic E-state index is 10.0. The second kappa shape index (κ2) is 5.80. The predicted octanol–water partition coefficient (Wildman–Crippen LogP) is 1.68. The monoisotopic (exact) mass is 290 g/mol. The van der Waals surface area contributed by atoms with Crippen LogP contribution in [0.2, 0.25) is 0 Å². The minimum atomic E-state index is -0.411. The number of aromatic nitrogens is 2. The average molecular weight is 291 g/mol. The van der Waals surface area contributed by atoms with Gasteiger partial charge in [-0.1, -0.05) is 6.92 Å². The number of halogens is 1. The lowest BCUT2D eigenvalue weighted by atomic mass is 10.0. The Morgan fingerprint density at radius 3 is 2.62 bits per heavy atom. The molecule has 0 saturated carbocycles. The molecule has 0 spiro atoms. The first-order valence-electron chi connectivity index (χ1n) is 5.32. The van der Waals surface area contributed by atoms with Crippen LogP contribution in [-0.4, -0.2) is 34.7 Å². The molecule has 1 rings (SSSR count). The summed E-state index contributed by atoms with van der Waals surface area (Å²) in [5.74, 6) is 0.118. The summed E-state index contributed by atoms with van der Waals surface area (Å²) in [5, 5.41) is 14.3. The van der Waals surface area contributed by atoms with Crippen molar-refractivity contribution < 1.29 is 9.84 Å². The van der Waals surface area contributed by atoms with E-state index in [1.54, 1.807) is 7.11 Å². The largest absolute Gasteiger partial charge is 0.392 e. The Morgan fingerprint density at radius 1 is 1.56 bits per heavy atom. The minimum absolute atomic E-state index is 0.118. The first-order valence-corrected chi connectivity index (χ1v) is 6.11. The molecule has 5 heteroatoms. The van der Waals surface area contributed by atoms with Crippen LogP contribution < -0.4 is 0 Å². The molecule has 0 aromatic carbocycles. The third-order valence-corrected chi connectivity index (χ3v) is 3.78. The van der Waals surface area contributed by atoms with E-state index in [1.807, 2.05) is 25.6 Å². The van der Waals surface area contributed by atoms with Gasteiger partial charge in [-0.15, -0.1) is 0 Å². The van der Waals surface area contributed by atoms with E-state index in [9.17, 15) is 5.11 Å². The van der Waals surface area contributed by atoms with Crippen LogP contribution in [0.15, 0.2) is 4.47 Å². The van der Waals surface area contributed by atoms with Crippen LogP contribution in [0, 0.1) is 12.8 Å². The van der Waals surface area contributed by atoms with Crippen molar-refractivity contribution in [3.8, 4) is 0 Å². The zero-order valence-electron chi connectivity index (χ0n) is 10.2. The second-order valence-corrected chi connectivity index (χ2v) is 4.97. The van der Waals surface area contributed by atoms with E-state index < -0.39 is 6.10 Å². The number of aryl methyl sites for hydroxylation is 2. The first kappa shape index (κ1) is 13.7. The van der Waals surface area contributed by atoms with Crippen LogP contribution in [0.4, 0.5) is 0 Å². The van der Waals surface area contributed by atoms with Gasteiger partial charge < -0.3 is 9.84 Å². The highest BCUT2D eigenvalue weighted by molar-refractivity contribution is 9.10. The number of aliphatic hydroxyl groups excluding tert-OH is 1. The van der Waals surface area contributed by atoms with E-state index in [1.165, 1.54) is 0 Å². The highest BCUT2D eigenvalue weighted by Crippen LogP contribution is 2.22. The summed E-state index contributed by atoms with van der Waals surface area (Å²) < 4.78 is 7.83.